The van der Waals surface area contributed by atoms with E-state index in [1.54, 1.807) is 31.2 Å². The van der Waals surface area contributed by atoms with Crippen molar-refractivity contribution in [2.75, 3.05) is 30.0 Å². The fourth-order valence-corrected chi connectivity index (χ4v) is 2.47. The average molecular weight is 345 g/mol. The third kappa shape index (κ3) is 4.09. The highest BCUT2D eigenvalue weighted by molar-refractivity contribution is 5.94. The van der Waals surface area contributed by atoms with Crippen LogP contribution in [0, 0.1) is 6.92 Å². The minimum absolute atomic E-state index is 0.125. The van der Waals surface area contributed by atoms with Gasteiger partial charge in [0.05, 0.1) is 0 Å². The normalized spacial score (nSPS) is 12.6. The topological polar surface area (TPSA) is 93.9 Å². The number of aromatic nitrogens is 1. The van der Waals surface area contributed by atoms with Gasteiger partial charge >= 0.3 is 0 Å². The van der Waals surface area contributed by atoms with Crippen LogP contribution in [0.5, 0.6) is 11.5 Å². The minimum atomic E-state index is -0.219. The van der Waals surface area contributed by atoms with E-state index in [1.165, 1.54) is 11.8 Å². The molecule has 132 valence electrons. The van der Waals surface area contributed by atoms with Gasteiger partial charge in [-0.1, -0.05) is 5.16 Å². The molecule has 0 aliphatic carbocycles. The number of carbonyl (C=O) groups is 2. The molecule has 1 aliphatic rings. The van der Waals surface area contributed by atoms with Gasteiger partial charge in [-0.3, -0.25) is 14.5 Å². The van der Waals surface area contributed by atoms with Crippen molar-refractivity contribution >= 4 is 23.3 Å². The number of fused-ring (bicyclic) bond motifs is 1. The van der Waals surface area contributed by atoms with E-state index in [-0.39, 0.29) is 24.8 Å². The van der Waals surface area contributed by atoms with E-state index in [4.69, 9.17) is 14.0 Å². The summed E-state index contributed by atoms with van der Waals surface area (Å²) in [4.78, 5) is 25.3. The van der Waals surface area contributed by atoms with E-state index in [0.717, 1.165) is 0 Å². The van der Waals surface area contributed by atoms with Gasteiger partial charge in [-0.25, -0.2) is 0 Å². The number of rotatable bonds is 5. The Balaban J connectivity index is 1.59. The largest absolute Gasteiger partial charge is 0.486 e. The summed E-state index contributed by atoms with van der Waals surface area (Å²) in [6, 6.07) is 6.87. The molecule has 0 spiro atoms. The molecule has 8 nitrogen and oxygen atoms in total. The zero-order valence-corrected chi connectivity index (χ0v) is 14.1. The molecular weight excluding hydrogens is 326 g/mol. The first-order valence-electron chi connectivity index (χ1n) is 7.94. The Morgan fingerprint density at radius 3 is 2.64 bits per heavy atom. The first kappa shape index (κ1) is 16.8. The summed E-state index contributed by atoms with van der Waals surface area (Å²) in [5.74, 6) is 1.84. The second-order valence-corrected chi connectivity index (χ2v) is 5.62. The number of hydrogen-bond donors (Lipinski definition) is 1. The molecule has 0 saturated carbocycles. The van der Waals surface area contributed by atoms with Gasteiger partial charge in [0.2, 0.25) is 11.8 Å². The molecule has 0 fully saturated rings. The third-order valence-corrected chi connectivity index (χ3v) is 3.66. The fourth-order valence-electron chi connectivity index (χ4n) is 2.47. The van der Waals surface area contributed by atoms with Gasteiger partial charge in [0.25, 0.3) is 0 Å². The summed E-state index contributed by atoms with van der Waals surface area (Å²) in [6.07, 6.45) is 0.125. The predicted molar refractivity (Wildman–Crippen MR) is 89.9 cm³/mol. The highest BCUT2D eigenvalue weighted by atomic mass is 16.6. The van der Waals surface area contributed by atoms with E-state index >= 15 is 0 Å². The first-order chi connectivity index (χ1) is 12.0. The molecule has 25 heavy (non-hydrogen) atoms. The SMILES string of the molecule is CC(=O)N(CCC(=O)Nc1ccc2c(c1)OCCO2)c1cc(C)on1. The first-order valence-corrected chi connectivity index (χ1v) is 7.94. The zero-order chi connectivity index (χ0) is 17.8. The summed E-state index contributed by atoms with van der Waals surface area (Å²) in [5, 5.41) is 6.60. The maximum Gasteiger partial charge on any atom is 0.226 e. The number of amides is 2. The molecule has 3 rings (SSSR count). The van der Waals surface area contributed by atoms with Gasteiger partial charge in [0, 0.05) is 37.7 Å². The molecule has 1 aliphatic heterocycles. The quantitative estimate of drug-likeness (QED) is 0.892. The molecule has 0 radical (unpaired) electrons. The van der Waals surface area contributed by atoms with Crippen LogP contribution in [0.15, 0.2) is 28.8 Å². The average Bonchev–Trinajstić information content (AvgIpc) is 3.00. The monoisotopic (exact) mass is 345 g/mol. The molecular formula is C17H19N3O5. The number of hydrogen-bond acceptors (Lipinski definition) is 6. The summed E-state index contributed by atoms with van der Waals surface area (Å²) < 4.78 is 15.9. The minimum Gasteiger partial charge on any atom is -0.486 e. The van der Waals surface area contributed by atoms with Gasteiger partial charge < -0.3 is 19.3 Å². The summed E-state index contributed by atoms with van der Waals surface area (Å²) in [5.41, 5.74) is 0.612. The Hall–Kier alpha value is -3.03. The summed E-state index contributed by atoms with van der Waals surface area (Å²) in [6.45, 7) is 4.36. The lowest BCUT2D eigenvalue weighted by Gasteiger charge is -2.19. The van der Waals surface area contributed by atoms with Crippen LogP contribution in [0.25, 0.3) is 0 Å². The molecule has 1 aromatic carbocycles. The maximum absolute atomic E-state index is 12.2. The molecule has 1 aromatic heterocycles. The molecule has 2 amide bonds. The molecule has 0 unspecified atom stereocenters. The Morgan fingerprint density at radius 1 is 1.20 bits per heavy atom. The van der Waals surface area contributed by atoms with Crippen molar-refractivity contribution in [3.63, 3.8) is 0 Å². The Bertz CT molecular complexity index is 786. The number of nitrogens with one attached hydrogen (secondary N) is 1. The van der Waals surface area contributed by atoms with Crippen molar-refractivity contribution in [2.24, 2.45) is 0 Å². The van der Waals surface area contributed by atoms with Gasteiger partial charge in [-0.2, -0.15) is 0 Å². The smallest absolute Gasteiger partial charge is 0.226 e. The second-order valence-electron chi connectivity index (χ2n) is 5.62. The van der Waals surface area contributed by atoms with Crippen LogP contribution in [0.1, 0.15) is 19.1 Å². The van der Waals surface area contributed by atoms with Gasteiger partial charge in [0.15, 0.2) is 17.3 Å². The van der Waals surface area contributed by atoms with Crippen molar-refractivity contribution in [2.45, 2.75) is 20.3 Å². The lowest BCUT2D eigenvalue weighted by atomic mass is 10.2. The highest BCUT2D eigenvalue weighted by Gasteiger charge is 2.17. The van der Waals surface area contributed by atoms with Gasteiger partial charge in [-0.05, 0) is 19.1 Å². The summed E-state index contributed by atoms with van der Waals surface area (Å²) in [7, 11) is 0. The van der Waals surface area contributed by atoms with Crippen molar-refractivity contribution < 1.29 is 23.6 Å². The number of nitrogens with zero attached hydrogens (tertiary/aromatic N) is 2. The van der Waals surface area contributed by atoms with Crippen molar-refractivity contribution in [1.82, 2.24) is 5.16 Å². The van der Waals surface area contributed by atoms with Crippen molar-refractivity contribution in [3.05, 3.63) is 30.0 Å². The Morgan fingerprint density at radius 2 is 1.96 bits per heavy atom. The standard InChI is InChI=1S/C17H19N3O5/c1-11-9-16(19-25-11)20(12(2)21)6-5-17(22)18-13-3-4-14-15(10-13)24-8-7-23-14/h3-4,9-10H,5-8H2,1-2H3,(H,18,22). The number of carbonyl (C=O) groups excluding carboxylic acids is 2. The number of benzene rings is 1. The van der Waals surface area contributed by atoms with E-state index in [2.05, 4.69) is 10.5 Å². The van der Waals surface area contributed by atoms with E-state index in [9.17, 15) is 9.59 Å². The molecule has 2 heterocycles. The molecule has 2 aromatic rings. The van der Waals surface area contributed by atoms with E-state index < -0.39 is 0 Å². The van der Waals surface area contributed by atoms with Crippen molar-refractivity contribution in [3.8, 4) is 11.5 Å². The van der Waals surface area contributed by atoms with E-state index in [1.807, 2.05) is 0 Å². The molecule has 1 N–H and O–H groups in total. The Kier molecular flexibility index (Phi) is 4.87. The Labute approximate surface area is 144 Å². The maximum atomic E-state index is 12.2. The van der Waals surface area contributed by atoms with Gasteiger partial charge in [-0.15, -0.1) is 0 Å². The molecule has 0 saturated heterocycles. The lowest BCUT2D eigenvalue weighted by molar-refractivity contribution is -0.117. The zero-order valence-electron chi connectivity index (χ0n) is 14.1. The number of aryl methyl sites for hydroxylation is 1. The molecule has 8 heteroatoms. The van der Waals surface area contributed by atoms with Crippen LogP contribution < -0.4 is 19.7 Å². The van der Waals surface area contributed by atoms with Crippen LogP contribution in [-0.2, 0) is 9.59 Å². The van der Waals surface area contributed by atoms with Crippen LogP contribution in [0.3, 0.4) is 0 Å². The molecule has 0 bridgehead atoms. The van der Waals surface area contributed by atoms with Crippen LogP contribution in [0.4, 0.5) is 11.5 Å². The highest BCUT2D eigenvalue weighted by Crippen LogP contribution is 2.32. The van der Waals surface area contributed by atoms with Crippen LogP contribution >= 0.6 is 0 Å². The predicted octanol–water partition coefficient (Wildman–Crippen LogP) is 2.14. The summed E-state index contributed by atoms with van der Waals surface area (Å²) >= 11 is 0. The van der Waals surface area contributed by atoms with Crippen LogP contribution in [0.2, 0.25) is 0 Å². The second kappa shape index (κ2) is 7.25. The number of ether oxygens (including phenoxy) is 2. The van der Waals surface area contributed by atoms with Crippen molar-refractivity contribution in [1.29, 1.82) is 0 Å². The van der Waals surface area contributed by atoms with Crippen LogP contribution in [-0.4, -0.2) is 36.7 Å². The van der Waals surface area contributed by atoms with E-state index in [0.29, 0.717) is 42.0 Å². The lowest BCUT2D eigenvalue weighted by Crippen LogP contribution is -2.32. The number of anilines is 2. The molecule has 0 atom stereocenters. The third-order valence-electron chi connectivity index (χ3n) is 3.66. The van der Waals surface area contributed by atoms with Gasteiger partial charge in [0.1, 0.15) is 19.0 Å². The fraction of sp³-hybridized carbons (Fsp3) is 0.353.